The summed E-state index contributed by atoms with van der Waals surface area (Å²) in [6.45, 7) is 5.34. The van der Waals surface area contributed by atoms with Crippen molar-refractivity contribution in [3.8, 4) is 0 Å². The summed E-state index contributed by atoms with van der Waals surface area (Å²) in [7, 11) is 1.40. The molecule has 4 nitrogen and oxygen atoms in total. The number of rotatable bonds is 3. The summed E-state index contributed by atoms with van der Waals surface area (Å²) < 4.78 is 4.79. The Morgan fingerprint density at radius 2 is 2.25 bits per heavy atom. The maximum absolute atomic E-state index is 12.5. The number of carbonyl (C=O) groups excluding carboxylic acids is 2. The largest absolute Gasteiger partial charge is 0.469 e. The van der Waals surface area contributed by atoms with Crippen LogP contribution in [0.25, 0.3) is 0 Å². The van der Waals surface area contributed by atoms with Crippen LogP contribution in [0.4, 0.5) is 0 Å². The molecular formula is C15H21NO3S. The van der Waals surface area contributed by atoms with Crippen LogP contribution in [0.15, 0.2) is 6.07 Å². The Hall–Kier alpha value is -1.36. The molecule has 1 aromatic heterocycles. The van der Waals surface area contributed by atoms with E-state index in [-0.39, 0.29) is 17.8 Å². The number of hydrogen-bond acceptors (Lipinski definition) is 4. The number of hydrogen-bond donors (Lipinski definition) is 0. The maximum Gasteiger partial charge on any atom is 0.310 e. The third kappa shape index (κ3) is 3.03. The summed E-state index contributed by atoms with van der Waals surface area (Å²) in [5, 5.41) is 0. The molecule has 5 heteroatoms. The summed E-state index contributed by atoms with van der Waals surface area (Å²) in [5.41, 5.74) is 1.18. The van der Waals surface area contributed by atoms with E-state index < -0.39 is 0 Å². The molecule has 0 radical (unpaired) electrons. The second kappa shape index (κ2) is 6.39. The fourth-order valence-electron chi connectivity index (χ4n) is 2.65. The molecule has 1 saturated heterocycles. The minimum absolute atomic E-state index is 0.0476. The number of aryl methyl sites for hydroxylation is 2. The Morgan fingerprint density at radius 3 is 2.85 bits per heavy atom. The third-order valence-corrected chi connectivity index (χ3v) is 5.17. The van der Waals surface area contributed by atoms with Crippen LogP contribution in [-0.2, 0) is 16.0 Å². The number of carbonyl (C=O) groups is 2. The zero-order chi connectivity index (χ0) is 14.7. The van der Waals surface area contributed by atoms with E-state index in [0.29, 0.717) is 6.54 Å². The molecule has 1 aromatic rings. The zero-order valence-corrected chi connectivity index (χ0v) is 13.1. The topological polar surface area (TPSA) is 46.6 Å². The molecule has 0 aliphatic carbocycles. The van der Waals surface area contributed by atoms with E-state index in [9.17, 15) is 9.59 Å². The highest BCUT2D eigenvalue weighted by atomic mass is 32.1. The normalized spacial score (nSPS) is 18.9. The predicted molar refractivity (Wildman–Crippen MR) is 79.1 cm³/mol. The van der Waals surface area contributed by atoms with Crippen molar-refractivity contribution in [1.29, 1.82) is 0 Å². The minimum Gasteiger partial charge on any atom is -0.469 e. The van der Waals surface area contributed by atoms with Gasteiger partial charge in [0.15, 0.2) is 0 Å². The Bertz CT molecular complexity index is 509. The van der Waals surface area contributed by atoms with Crippen LogP contribution >= 0.6 is 11.3 Å². The number of likely N-dealkylation sites (tertiary alicyclic amines) is 1. The van der Waals surface area contributed by atoms with Crippen molar-refractivity contribution in [3.63, 3.8) is 0 Å². The Balaban J connectivity index is 2.10. The molecule has 0 bridgehead atoms. The summed E-state index contributed by atoms with van der Waals surface area (Å²) in [6, 6.07) is 1.97. The van der Waals surface area contributed by atoms with Gasteiger partial charge in [-0.1, -0.05) is 6.92 Å². The van der Waals surface area contributed by atoms with Crippen LogP contribution in [0.3, 0.4) is 0 Å². The maximum atomic E-state index is 12.5. The van der Waals surface area contributed by atoms with E-state index in [1.54, 1.807) is 16.2 Å². The van der Waals surface area contributed by atoms with E-state index in [0.717, 1.165) is 30.7 Å². The highest BCUT2D eigenvalue weighted by Crippen LogP contribution is 2.26. The van der Waals surface area contributed by atoms with Crippen molar-refractivity contribution in [1.82, 2.24) is 4.90 Å². The molecule has 1 amide bonds. The van der Waals surface area contributed by atoms with Gasteiger partial charge in [0.1, 0.15) is 0 Å². The number of methoxy groups -OCH3 is 1. The summed E-state index contributed by atoms with van der Waals surface area (Å²) in [6.07, 6.45) is 2.62. The van der Waals surface area contributed by atoms with Gasteiger partial charge >= 0.3 is 5.97 Å². The van der Waals surface area contributed by atoms with Gasteiger partial charge in [-0.25, -0.2) is 0 Å². The molecule has 0 saturated carbocycles. The second-order valence-corrected chi connectivity index (χ2v) is 6.32. The van der Waals surface area contributed by atoms with Crippen LogP contribution in [-0.4, -0.2) is 37.0 Å². The zero-order valence-electron chi connectivity index (χ0n) is 12.3. The van der Waals surface area contributed by atoms with Gasteiger partial charge in [0.05, 0.1) is 17.9 Å². The van der Waals surface area contributed by atoms with Gasteiger partial charge < -0.3 is 9.64 Å². The summed E-state index contributed by atoms with van der Waals surface area (Å²) in [5.74, 6) is -0.338. The van der Waals surface area contributed by atoms with E-state index in [2.05, 4.69) is 6.92 Å². The highest BCUT2D eigenvalue weighted by molar-refractivity contribution is 7.14. The standard InChI is InChI=1S/C15H21NO3S/c1-4-12-10(2)8-13(20-12)14(17)16-7-5-6-11(9-16)15(18)19-3/h8,11H,4-7,9H2,1-3H3/t11-/m0/s1. The molecular weight excluding hydrogens is 274 g/mol. The second-order valence-electron chi connectivity index (χ2n) is 5.18. The van der Waals surface area contributed by atoms with E-state index in [4.69, 9.17) is 4.74 Å². The smallest absolute Gasteiger partial charge is 0.310 e. The number of thiophene rings is 1. The van der Waals surface area contributed by atoms with Crippen molar-refractivity contribution >= 4 is 23.2 Å². The lowest BCUT2D eigenvalue weighted by Gasteiger charge is -2.31. The van der Waals surface area contributed by atoms with Crippen molar-refractivity contribution in [3.05, 3.63) is 21.4 Å². The molecule has 1 fully saturated rings. The van der Waals surface area contributed by atoms with Crippen molar-refractivity contribution in [2.75, 3.05) is 20.2 Å². The molecule has 0 spiro atoms. The quantitative estimate of drug-likeness (QED) is 0.805. The number of piperidine rings is 1. The molecule has 1 aliphatic rings. The number of nitrogens with zero attached hydrogens (tertiary/aromatic N) is 1. The Kier molecular flexibility index (Phi) is 4.81. The fraction of sp³-hybridized carbons (Fsp3) is 0.600. The summed E-state index contributed by atoms with van der Waals surface area (Å²) in [4.78, 5) is 28.0. The molecule has 0 N–H and O–H groups in total. The Morgan fingerprint density at radius 1 is 1.50 bits per heavy atom. The van der Waals surface area contributed by atoms with Gasteiger partial charge in [-0.3, -0.25) is 9.59 Å². The molecule has 0 aromatic carbocycles. The highest BCUT2D eigenvalue weighted by Gasteiger charge is 2.30. The SMILES string of the molecule is CCc1sc(C(=O)N2CCC[C@H](C(=O)OC)C2)cc1C. The lowest BCUT2D eigenvalue weighted by Crippen LogP contribution is -2.42. The third-order valence-electron chi connectivity index (χ3n) is 3.80. The lowest BCUT2D eigenvalue weighted by molar-refractivity contribution is -0.146. The monoisotopic (exact) mass is 295 g/mol. The first kappa shape index (κ1) is 15.0. The van der Waals surface area contributed by atoms with Crippen molar-refractivity contribution in [2.24, 2.45) is 5.92 Å². The van der Waals surface area contributed by atoms with Gasteiger partial charge in [0, 0.05) is 18.0 Å². The first-order chi connectivity index (χ1) is 9.56. The molecule has 20 heavy (non-hydrogen) atoms. The van der Waals surface area contributed by atoms with E-state index in [1.165, 1.54) is 17.6 Å². The number of ether oxygens (including phenoxy) is 1. The van der Waals surface area contributed by atoms with Crippen LogP contribution in [0, 0.1) is 12.8 Å². The van der Waals surface area contributed by atoms with Gasteiger partial charge in [-0.15, -0.1) is 11.3 Å². The first-order valence-corrected chi connectivity index (χ1v) is 7.84. The van der Waals surface area contributed by atoms with Gasteiger partial charge in [0.25, 0.3) is 5.91 Å². The van der Waals surface area contributed by atoms with Gasteiger partial charge in [-0.05, 0) is 37.8 Å². The lowest BCUT2D eigenvalue weighted by atomic mass is 9.98. The Labute approximate surface area is 123 Å². The minimum atomic E-state index is -0.209. The van der Waals surface area contributed by atoms with Crippen molar-refractivity contribution in [2.45, 2.75) is 33.1 Å². The predicted octanol–water partition coefficient (Wildman–Crippen LogP) is 2.64. The molecule has 2 rings (SSSR count). The van der Waals surface area contributed by atoms with Crippen LogP contribution in [0.2, 0.25) is 0 Å². The number of esters is 1. The van der Waals surface area contributed by atoms with Crippen LogP contribution in [0.5, 0.6) is 0 Å². The van der Waals surface area contributed by atoms with Crippen LogP contribution in [0.1, 0.15) is 39.9 Å². The summed E-state index contributed by atoms with van der Waals surface area (Å²) >= 11 is 1.57. The van der Waals surface area contributed by atoms with Crippen LogP contribution < -0.4 is 0 Å². The molecule has 110 valence electrons. The van der Waals surface area contributed by atoms with Crippen molar-refractivity contribution < 1.29 is 14.3 Å². The molecule has 1 aliphatic heterocycles. The van der Waals surface area contributed by atoms with E-state index in [1.807, 2.05) is 13.0 Å². The average Bonchev–Trinajstić information content (AvgIpc) is 2.86. The van der Waals surface area contributed by atoms with Gasteiger partial charge in [0.2, 0.25) is 0 Å². The molecule has 0 unspecified atom stereocenters. The average molecular weight is 295 g/mol. The number of amides is 1. The molecule has 1 atom stereocenters. The first-order valence-electron chi connectivity index (χ1n) is 7.03. The van der Waals surface area contributed by atoms with Gasteiger partial charge in [-0.2, -0.15) is 0 Å². The van der Waals surface area contributed by atoms with E-state index >= 15 is 0 Å². The fourth-order valence-corrected chi connectivity index (χ4v) is 3.73. The molecule has 2 heterocycles.